The van der Waals surface area contributed by atoms with Gasteiger partial charge >= 0.3 is 0 Å². The molecule has 2 atom stereocenters. The van der Waals surface area contributed by atoms with Crippen molar-refractivity contribution in [1.82, 2.24) is 0 Å². The molecule has 2 unspecified atom stereocenters. The van der Waals surface area contributed by atoms with E-state index in [-0.39, 0.29) is 0 Å². The third-order valence-electron chi connectivity index (χ3n) is 1.63. The first kappa shape index (κ1) is 6.09. The second-order valence-corrected chi connectivity index (χ2v) is 2.59. The van der Waals surface area contributed by atoms with E-state index >= 15 is 0 Å². The molecule has 0 N–H and O–H groups in total. The maximum Gasteiger partial charge on any atom is 0.0603 e. The van der Waals surface area contributed by atoms with Crippen molar-refractivity contribution in [2.24, 2.45) is 0 Å². The highest BCUT2D eigenvalue weighted by Crippen LogP contribution is 2.23. The molecule has 0 aromatic carbocycles. The van der Waals surface area contributed by atoms with Crippen molar-refractivity contribution in [3.05, 3.63) is 0 Å². The molecule has 0 aromatic heterocycles. The van der Waals surface area contributed by atoms with Crippen LogP contribution in [0, 0.1) is 0 Å². The van der Waals surface area contributed by atoms with E-state index in [2.05, 4.69) is 13.8 Å². The maximum atomic E-state index is 5.38. The molecular weight excluding hydrogens is 100 g/mol. The lowest BCUT2D eigenvalue weighted by Crippen LogP contribution is -2.34. The van der Waals surface area contributed by atoms with Gasteiger partial charge in [-0.25, -0.2) is 0 Å². The minimum atomic E-state index is 0.548. The first-order chi connectivity index (χ1) is 3.83. The van der Waals surface area contributed by atoms with Gasteiger partial charge in [-0.05, 0) is 19.8 Å². The average molecular weight is 114 g/mol. The first-order valence-electron chi connectivity index (χ1n) is 3.48. The fourth-order valence-electron chi connectivity index (χ4n) is 1.20. The molecule has 8 heavy (non-hydrogen) atoms. The van der Waals surface area contributed by atoms with Gasteiger partial charge in [0.15, 0.2) is 0 Å². The average Bonchev–Trinajstić information content (AvgIpc) is 1.64. The van der Waals surface area contributed by atoms with E-state index in [9.17, 15) is 0 Å². The number of hydrogen-bond donors (Lipinski definition) is 0. The Morgan fingerprint density at radius 1 is 1.62 bits per heavy atom. The van der Waals surface area contributed by atoms with E-state index in [0.717, 1.165) is 0 Å². The van der Waals surface area contributed by atoms with Crippen LogP contribution in [-0.4, -0.2) is 12.2 Å². The summed E-state index contributed by atoms with van der Waals surface area (Å²) in [6, 6.07) is 0. The molecule has 0 saturated carbocycles. The largest absolute Gasteiger partial charge is 0.375 e. The zero-order valence-corrected chi connectivity index (χ0v) is 5.68. The molecule has 1 rings (SSSR count). The second kappa shape index (κ2) is 2.49. The van der Waals surface area contributed by atoms with E-state index in [1.807, 2.05) is 0 Å². The van der Waals surface area contributed by atoms with Crippen LogP contribution in [0.15, 0.2) is 0 Å². The number of ether oxygens (including phenoxy) is 1. The molecule has 0 amide bonds. The van der Waals surface area contributed by atoms with Gasteiger partial charge in [0.25, 0.3) is 0 Å². The molecule has 1 aliphatic rings. The molecule has 1 aliphatic heterocycles. The summed E-state index contributed by atoms with van der Waals surface area (Å²) < 4.78 is 5.38. The third-order valence-corrected chi connectivity index (χ3v) is 1.63. The topological polar surface area (TPSA) is 9.23 Å². The van der Waals surface area contributed by atoms with Crippen molar-refractivity contribution in [1.29, 1.82) is 0 Å². The SMILES string of the molecule is CCCC1CC(C)O1. The maximum absolute atomic E-state index is 5.38. The minimum absolute atomic E-state index is 0.548. The Labute approximate surface area is 51.0 Å². The van der Waals surface area contributed by atoms with Crippen molar-refractivity contribution in [2.45, 2.75) is 45.3 Å². The number of rotatable bonds is 2. The van der Waals surface area contributed by atoms with Gasteiger partial charge in [0, 0.05) is 0 Å². The number of hydrogen-bond acceptors (Lipinski definition) is 1. The molecule has 1 saturated heterocycles. The highest BCUT2D eigenvalue weighted by atomic mass is 16.5. The zero-order chi connectivity index (χ0) is 5.98. The van der Waals surface area contributed by atoms with Gasteiger partial charge < -0.3 is 4.74 Å². The smallest absolute Gasteiger partial charge is 0.0603 e. The van der Waals surface area contributed by atoms with Crippen LogP contribution < -0.4 is 0 Å². The molecule has 48 valence electrons. The molecule has 1 fully saturated rings. The molecule has 0 spiro atoms. The van der Waals surface area contributed by atoms with Gasteiger partial charge in [0.05, 0.1) is 12.2 Å². The predicted octanol–water partition coefficient (Wildman–Crippen LogP) is 1.96. The molecule has 1 heterocycles. The van der Waals surface area contributed by atoms with Crippen LogP contribution in [0.2, 0.25) is 0 Å². The highest BCUT2D eigenvalue weighted by Gasteiger charge is 2.24. The molecule has 0 aliphatic carbocycles. The third kappa shape index (κ3) is 1.22. The molecule has 1 nitrogen and oxygen atoms in total. The van der Waals surface area contributed by atoms with E-state index in [1.54, 1.807) is 0 Å². The summed E-state index contributed by atoms with van der Waals surface area (Å²) in [5.74, 6) is 0. The summed E-state index contributed by atoms with van der Waals surface area (Å²) in [5.41, 5.74) is 0. The van der Waals surface area contributed by atoms with Crippen molar-refractivity contribution < 1.29 is 4.74 Å². The van der Waals surface area contributed by atoms with Gasteiger partial charge in [-0.2, -0.15) is 0 Å². The summed E-state index contributed by atoms with van der Waals surface area (Å²) in [5, 5.41) is 0. The monoisotopic (exact) mass is 114 g/mol. The normalized spacial score (nSPS) is 36.8. The van der Waals surface area contributed by atoms with E-state index < -0.39 is 0 Å². The Morgan fingerprint density at radius 3 is 2.62 bits per heavy atom. The second-order valence-electron chi connectivity index (χ2n) is 2.59. The van der Waals surface area contributed by atoms with E-state index in [0.29, 0.717) is 12.2 Å². The Kier molecular flexibility index (Phi) is 1.90. The Bertz CT molecular complexity index is 62.0. The minimum Gasteiger partial charge on any atom is -0.375 e. The fourth-order valence-corrected chi connectivity index (χ4v) is 1.20. The van der Waals surface area contributed by atoms with Crippen molar-refractivity contribution in [3.63, 3.8) is 0 Å². The lowest BCUT2D eigenvalue weighted by Gasteiger charge is -2.33. The molecular formula is C7H14O. The van der Waals surface area contributed by atoms with Crippen molar-refractivity contribution >= 4 is 0 Å². The van der Waals surface area contributed by atoms with Crippen LogP contribution in [-0.2, 0) is 4.74 Å². The van der Waals surface area contributed by atoms with Gasteiger partial charge in [-0.1, -0.05) is 13.3 Å². The first-order valence-corrected chi connectivity index (χ1v) is 3.48. The van der Waals surface area contributed by atoms with Crippen molar-refractivity contribution in [3.8, 4) is 0 Å². The summed E-state index contributed by atoms with van der Waals surface area (Å²) >= 11 is 0. The van der Waals surface area contributed by atoms with Crippen molar-refractivity contribution in [2.75, 3.05) is 0 Å². The van der Waals surface area contributed by atoms with Crippen LogP contribution in [0.1, 0.15) is 33.1 Å². The summed E-state index contributed by atoms with van der Waals surface area (Å²) in [4.78, 5) is 0. The quantitative estimate of drug-likeness (QED) is 0.533. The van der Waals surface area contributed by atoms with E-state index in [4.69, 9.17) is 4.74 Å². The lowest BCUT2D eigenvalue weighted by atomic mass is 10.0. The van der Waals surface area contributed by atoms with Crippen LogP contribution in [0.5, 0.6) is 0 Å². The highest BCUT2D eigenvalue weighted by molar-refractivity contribution is 4.72. The lowest BCUT2D eigenvalue weighted by molar-refractivity contribution is -0.116. The van der Waals surface area contributed by atoms with Crippen LogP contribution in [0.3, 0.4) is 0 Å². The van der Waals surface area contributed by atoms with Gasteiger partial charge in [-0.15, -0.1) is 0 Å². The molecule has 0 aromatic rings. The zero-order valence-electron chi connectivity index (χ0n) is 5.68. The van der Waals surface area contributed by atoms with Gasteiger partial charge in [0.2, 0.25) is 0 Å². The molecule has 0 radical (unpaired) electrons. The molecule has 1 heteroatoms. The predicted molar refractivity (Wildman–Crippen MR) is 33.9 cm³/mol. The Hall–Kier alpha value is -0.0400. The standard InChI is InChI=1S/C7H14O/c1-3-4-7-5-6(2)8-7/h6-7H,3-5H2,1-2H3. The fraction of sp³-hybridized carbons (Fsp3) is 1.00. The van der Waals surface area contributed by atoms with E-state index in [1.165, 1.54) is 19.3 Å². The summed E-state index contributed by atoms with van der Waals surface area (Å²) in [6.45, 7) is 4.33. The van der Waals surface area contributed by atoms with Gasteiger partial charge in [0.1, 0.15) is 0 Å². The Morgan fingerprint density at radius 2 is 2.25 bits per heavy atom. The molecule has 0 bridgehead atoms. The van der Waals surface area contributed by atoms with Crippen LogP contribution in [0.25, 0.3) is 0 Å². The van der Waals surface area contributed by atoms with Crippen LogP contribution >= 0.6 is 0 Å². The van der Waals surface area contributed by atoms with Gasteiger partial charge in [-0.3, -0.25) is 0 Å². The summed E-state index contributed by atoms with van der Waals surface area (Å²) in [7, 11) is 0. The van der Waals surface area contributed by atoms with Crippen LogP contribution in [0.4, 0.5) is 0 Å². The Balaban J connectivity index is 1.98. The summed E-state index contributed by atoms with van der Waals surface area (Å²) in [6.07, 6.45) is 4.96.